The van der Waals surface area contributed by atoms with E-state index < -0.39 is 0 Å². The Morgan fingerprint density at radius 2 is 2.00 bits per heavy atom. The largest absolute Gasteiger partial charge is 0.491 e. The minimum Gasteiger partial charge on any atom is -0.491 e. The number of amides is 2. The first kappa shape index (κ1) is 20.5. The predicted molar refractivity (Wildman–Crippen MR) is 114 cm³/mol. The first-order valence-electron chi connectivity index (χ1n) is 9.88. The Bertz CT molecular complexity index is 994. The molecule has 1 fully saturated rings. The molecule has 31 heavy (non-hydrogen) atoms. The van der Waals surface area contributed by atoms with Crippen LogP contribution in [0.25, 0.3) is 11.1 Å². The van der Waals surface area contributed by atoms with E-state index in [1.165, 1.54) is 12.4 Å². The second-order valence-electron chi connectivity index (χ2n) is 6.92. The van der Waals surface area contributed by atoms with Crippen molar-refractivity contribution in [2.75, 3.05) is 38.7 Å². The number of hydrogen-bond acceptors (Lipinski definition) is 7. The summed E-state index contributed by atoms with van der Waals surface area (Å²) in [5.41, 5.74) is 1.97. The van der Waals surface area contributed by atoms with Crippen molar-refractivity contribution in [2.45, 2.75) is 6.10 Å². The summed E-state index contributed by atoms with van der Waals surface area (Å²) >= 11 is 0. The number of methoxy groups -OCH3 is 1. The highest BCUT2D eigenvalue weighted by molar-refractivity contribution is 5.88. The molecule has 160 valence electrons. The number of carbonyl (C=O) groups is 1. The number of ether oxygens (including phenoxy) is 3. The summed E-state index contributed by atoms with van der Waals surface area (Å²) in [6.07, 6.45) is 6.25. The molecule has 0 aliphatic carbocycles. The summed E-state index contributed by atoms with van der Waals surface area (Å²) in [4.78, 5) is 26.2. The van der Waals surface area contributed by atoms with Gasteiger partial charge in [0.2, 0.25) is 5.88 Å². The molecule has 0 unspecified atom stereocenters. The van der Waals surface area contributed by atoms with Gasteiger partial charge in [-0.15, -0.1) is 0 Å². The van der Waals surface area contributed by atoms with Crippen molar-refractivity contribution in [3.63, 3.8) is 0 Å². The van der Waals surface area contributed by atoms with Gasteiger partial charge in [0.15, 0.2) is 5.82 Å². The maximum Gasteiger partial charge on any atom is 0.323 e. The van der Waals surface area contributed by atoms with Gasteiger partial charge in [-0.25, -0.2) is 14.8 Å². The minimum atomic E-state index is -0.226. The molecule has 1 aliphatic rings. The van der Waals surface area contributed by atoms with Crippen molar-refractivity contribution in [2.24, 2.45) is 0 Å². The van der Waals surface area contributed by atoms with Crippen LogP contribution in [0.1, 0.15) is 0 Å². The van der Waals surface area contributed by atoms with Gasteiger partial charge >= 0.3 is 6.03 Å². The number of urea groups is 1. The van der Waals surface area contributed by atoms with Crippen molar-refractivity contribution >= 4 is 11.8 Å². The van der Waals surface area contributed by atoms with Crippen LogP contribution in [0.3, 0.4) is 0 Å². The molecule has 9 heteroatoms. The summed E-state index contributed by atoms with van der Waals surface area (Å²) in [7, 11) is 1.64. The number of rotatable bonds is 8. The van der Waals surface area contributed by atoms with Crippen molar-refractivity contribution in [1.82, 2.24) is 19.9 Å². The van der Waals surface area contributed by atoms with Crippen LogP contribution in [0.2, 0.25) is 0 Å². The van der Waals surface area contributed by atoms with Gasteiger partial charge in [-0.1, -0.05) is 12.1 Å². The Morgan fingerprint density at radius 3 is 2.74 bits per heavy atom. The van der Waals surface area contributed by atoms with Crippen LogP contribution in [0.5, 0.6) is 11.6 Å². The fraction of sp³-hybridized carbons (Fsp3) is 0.273. The second-order valence-corrected chi connectivity index (χ2v) is 6.92. The Kier molecular flexibility index (Phi) is 6.53. The highest BCUT2D eigenvalue weighted by Gasteiger charge is 2.32. The number of aromatic nitrogens is 3. The standard InChI is InChI=1S/C22H23N5O4/c1-29-9-10-30-18-4-2-3-16(11-18)17-5-6-21(25-12-17)31-19-14-27(15-19)22(28)26-20-13-23-7-8-24-20/h2-8,11-13,19H,9-10,14-15H2,1H3,(H,24,26,28). The average Bonchev–Trinajstić information content (AvgIpc) is 2.77. The van der Waals surface area contributed by atoms with E-state index in [1.54, 1.807) is 24.4 Å². The van der Waals surface area contributed by atoms with Crippen LogP contribution >= 0.6 is 0 Å². The zero-order valence-electron chi connectivity index (χ0n) is 17.1. The number of nitrogens with one attached hydrogen (secondary N) is 1. The molecule has 0 bridgehead atoms. The Balaban J connectivity index is 1.27. The molecule has 2 aromatic heterocycles. The van der Waals surface area contributed by atoms with Crippen molar-refractivity contribution in [3.8, 4) is 22.8 Å². The van der Waals surface area contributed by atoms with E-state index >= 15 is 0 Å². The maximum atomic E-state index is 12.2. The predicted octanol–water partition coefficient (Wildman–Crippen LogP) is 2.86. The summed E-state index contributed by atoms with van der Waals surface area (Å²) in [6.45, 7) is 2.01. The number of benzene rings is 1. The molecule has 1 aromatic carbocycles. The SMILES string of the molecule is COCCOc1cccc(-c2ccc(OC3CN(C(=O)Nc4cnccn4)C3)nc2)c1. The van der Waals surface area contributed by atoms with Crippen molar-refractivity contribution < 1.29 is 19.0 Å². The highest BCUT2D eigenvalue weighted by Crippen LogP contribution is 2.25. The summed E-state index contributed by atoms with van der Waals surface area (Å²) in [5.74, 6) is 1.72. The third-order valence-corrected chi connectivity index (χ3v) is 4.68. The third-order valence-electron chi connectivity index (χ3n) is 4.68. The van der Waals surface area contributed by atoms with E-state index in [2.05, 4.69) is 20.3 Å². The van der Waals surface area contributed by atoms with Gasteiger partial charge in [0.25, 0.3) is 0 Å². The highest BCUT2D eigenvalue weighted by atomic mass is 16.5. The van der Waals surface area contributed by atoms with Gasteiger partial charge in [-0.2, -0.15) is 0 Å². The number of carbonyl (C=O) groups excluding carboxylic acids is 1. The molecular weight excluding hydrogens is 398 g/mol. The zero-order chi connectivity index (χ0) is 21.5. The lowest BCUT2D eigenvalue weighted by molar-refractivity contribution is 0.0461. The number of hydrogen-bond donors (Lipinski definition) is 1. The second kappa shape index (κ2) is 9.86. The smallest absolute Gasteiger partial charge is 0.323 e. The monoisotopic (exact) mass is 421 g/mol. The molecule has 2 amide bonds. The molecule has 0 saturated carbocycles. The lowest BCUT2D eigenvalue weighted by atomic mass is 10.1. The van der Waals surface area contributed by atoms with Crippen LogP contribution in [0.15, 0.2) is 61.2 Å². The van der Waals surface area contributed by atoms with Crippen LogP contribution in [0.4, 0.5) is 10.6 Å². The van der Waals surface area contributed by atoms with E-state index in [1.807, 2.05) is 36.4 Å². The first-order chi connectivity index (χ1) is 15.2. The van der Waals surface area contributed by atoms with Gasteiger partial charge < -0.3 is 19.1 Å². The molecule has 1 aliphatic heterocycles. The number of likely N-dealkylation sites (tertiary alicyclic amines) is 1. The lowest BCUT2D eigenvalue weighted by Gasteiger charge is -2.38. The average molecular weight is 421 g/mol. The summed E-state index contributed by atoms with van der Waals surface area (Å²) in [6, 6.07) is 11.4. The lowest BCUT2D eigenvalue weighted by Crippen LogP contribution is -2.57. The minimum absolute atomic E-state index is 0.0940. The van der Waals surface area contributed by atoms with E-state index in [0.717, 1.165) is 16.9 Å². The molecule has 0 spiro atoms. The molecule has 1 N–H and O–H groups in total. The molecule has 4 rings (SSSR count). The molecule has 0 radical (unpaired) electrons. The molecule has 9 nitrogen and oxygen atoms in total. The maximum absolute atomic E-state index is 12.2. The summed E-state index contributed by atoms with van der Waals surface area (Å²) in [5, 5.41) is 2.70. The number of nitrogens with zero attached hydrogens (tertiary/aromatic N) is 4. The Labute approximate surface area is 180 Å². The van der Waals surface area contributed by atoms with Gasteiger partial charge in [0.05, 0.1) is 25.9 Å². The Morgan fingerprint density at radius 1 is 1.10 bits per heavy atom. The van der Waals surface area contributed by atoms with Crippen LogP contribution in [-0.2, 0) is 4.74 Å². The topological polar surface area (TPSA) is 98.7 Å². The fourth-order valence-corrected chi connectivity index (χ4v) is 3.03. The fourth-order valence-electron chi connectivity index (χ4n) is 3.03. The van der Waals surface area contributed by atoms with Crippen LogP contribution in [0, 0.1) is 0 Å². The molecular formula is C22H23N5O4. The summed E-state index contributed by atoms with van der Waals surface area (Å²) < 4.78 is 16.5. The molecule has 3 aromatic rings. The van der Waals surface area contributed by atoms with E-state index in [9.17, 15) is 4.79 Å². The zero-order valence-corrected chi connectivity index (χ0v) is 17.1. The number of anilines is 1. The molecule has 1 saturated heterocycles. The van der Waals surface area contributed by atoms with Gasteiger partial charge in [-0.05, 0) is 23.8 Å². The molecule has 0 atom stereocenters. The van der Waals surface area contributed by atoms with Crippen LogP contribution < -0.4 is 14.8 Å². The van der Waals surface area contributed by atoms with Gasteiger partial charge in [0.1, 0.15) is 18.5 Å². The third kappa shape index (κ3) is 5.46. The number of pyridine rings is 1. The van der Waals surface area contributed by atoms with E-state index in [-0.39, 0.29) is 12.1 Å². The first-order valence-corrected chi connectivity index (χ1v) is 9.88. The van der Waals surface area contributed by atoms with E-state index in [0.29, 0.717) is 38.0 Å². The normalized spacial score (nSPS) is 13.4. The van der Waals surface area contributed by atoms with Gasteiger partial charge in [0, 0.05) is 37.3 Å². The van der Waals surface area contributed by atoms with E-state index in [4.69, 9.17) is 14.2 Å². The van der Waals surface area contributed by atoms with Crippen molar-refractivity contribution in [3.05, 3.63) is 61.2 Å². The van der Waals surface area contributed by atoms with Crippen molar-refractivity contribution in [1.29, 1.82) is 0 Å². The Hall–Kier alpha value is -3.72. The molecule has 3 heterocycles. The quantitative estimate of drug-likeness (QED) is 0.559. The van der Waals surface area contributed by atoms with Crippen LogP contribution in [-0.4, -0.2) is 65.4 Å². The van der Waals surface area contributed by atoms with Gasteiger partial charge in [-0.3, -0.25) is 10.3 Å².